The van der Waals surface area contributed by atoms with Crippen molar-refractivity contribution in [1.29, 1.82) is 0 Å². The topological polar surface area (TPSA) is 55.1 Å². The average Bonchev–Trinajstić information content (AvgIpc) is 2.85. The molecule has 0 fully saturated rings. The van der Waals surface area contributed by atoms with Gasteiger partial charge < -0.3 is 5.11 Å². The third kappa shape index (κ3) is 2.31. The SMILES string of the molecule is CCc1nc2c(C(=O)O)cccc2n1-c1ccccc1I. The highest BCUT2D eigenvalue weighted by Gasteiger charge is 2.17. The van der Waals surface area contributed by atoms with Crippen LogP contribution in [0.4, 0.5) is 0 Å². The van der Waals surface area contributed by atoms with Crippen LogP contribution < -0.4 is 0 Å². The summed E-state index contributed by atoms with van der Waals surface area (Å²) in [5.41, 5.74) is 2.64. The molecular formula is C16H13IN2O2. The molecule has 0 bridgehead atoms. The van der Waals surface area contributed by atoms with Crippen LogP contribution in [-0.2, 0) is 6.42 Å². The molecule has 4 nitrogen and oxygen atoms in total. The number of halogens is 1. The molecule has 0 aliphatic rings. The number of imidazole rings is 1. The number of fused-ring (bicyclic) bond motifs is 1. The Morgan fingerprint density at radius 3 is 2.67 bits per heavy atom. The third-order valence-electron chi connectivity index (χ3n) is 3.39. The van der Waals surface area contributed by atoms with Crippen molar-refractivity contribution >= 4 is 39.6 Å². The fourth-order valence-corrected chi connectivity index (χ4v) is 3.09. The lowest BCUT2D eigenvalue weighted by Crippen LogP contribution is -2.02. The van der Waals surface area contributed by atoms with Crippen molar-refractivity contribution in [2.24, 2.45) is 0 Å². The molecule has 1 heterocycles. The number of nitrogens with zero attached hydrogens (tertiary/aromatic N) is 2. The van der Waals surface area contributed by atoms with Gasteiger partial charge in [-0.1, -0.05) is 25.1 Å². The molecule has 0 atom stereocenters. The molecule has 0 unspecified atom stereocenters. The predicted octanol–water partition coefficient (Wildman–Crippen LogP) is 3.89. The third-order valence-corrected chi connectivity index (χ3v) is 4.31. The maximum Gasteiger partial charge on any atom is 0.337 e. The lowest BCUT2D eigenvalue weighted by Gasteiger charge is -2.10. The van der Waals surface area contributed by atoms with E-state index in [9.17, 15) is 9.90 Å². The first-order chi connectivity index (χ1) is 10.1. The molecular weight excluding hydrogens is 379 g/mol. The van der Waals surface area contributed by atoms with Crippen LogP contribution >= 0.6 is 22.6 Å². The number of aromatic carboxylic acids is 1. The largest absolute Gasteiger partial charge is 0.478 e. The Bertz CT molecular complexity index is 839. The number of carboxylic acid groups (broad SMARTS) is 1. The highest BCUT2D eigenvalue weighted by Crippen LogP contribution is 2.27. The highest BCUT2D eigenvalue weighted by atomic mass is 127. The second kappa shape index (κ2) is 5.48. The van der Waals surface area contributed by atoms with Crippen LogP contribution in [0.5, 0.6) is 0 Å². The zero-order chi connectivity index (χ0) is 15.0. The molecule has 1 aromatic heterocycles. The summed E-state index contributed by atoms with van der Waals surface area (Å²) < 4.78 is 3.15. The van der Waals surface area contributed by atoms with Gasteiger partial charge in [0.1, 0.15) is 11.3 Å². The van der Waals surface area contributed by atoms with E-state index in [4.69, 9.17) is 0 Å². The number of carbonyl (C=O) groups is 1. The summed E-state index contributed by atoms with van der Waals surface area (Å²) in [7, 11) is 0. The molecule has 0 saturated carbocycles. The number of aromatic nitrogens is 2. The molecule has 0 spiro atoms. The fourth-order valence-electron chi connectivity index (χ4n) is 2.46. The normalized spacial score (nSPS) is 11.0. The summed E-state index contributed by atoms with van der Waals surface area (Å²) in [5, 5.41) is 9.33. The summed E-state index contributed by atoms with van der Waals surface area (Å²) in [4.78, 5) is 15.9. The van der Waals surface area contributed by atoms with Crippen molar-refractivity contribution in [2.75, 3.05) is 0 Å². The molecule has 2 aromatic carbocycles. The minimum atomic E-state index is -0.948. The minimum absolute atomic E-state index is 0.242. The van der Waals surface area contributed by atoms with E-state index in [0.29, 0.717) is 5.52 Å². The van der Waals surface area contributed by atoms with Gasteiger partial charge in [-0.3, -0.25) is 4.57 Å². The van der Waals surface area contributed by atoms with Gasteiger partial charge >= 0.3 is 5.97 Å². The van der Waals surface area contributed by atoms with Gasteiger partial charge in [-0.05, 0) is 46.9 Å². The standard InChI is InChI=1S/C16H13IN2O2/c1-2-14-18-15-10(16(20)21)6-5-9-13(15)19(14)12-8-4-3-7-11(12)17/h3-9H,2H2,1H3,(H,20,21). The van der Waals surface area contributed by atoms with Gasteiger partial charge in [-0.2, -0.15) is 0 Å². The predicted molar refractivity (Wildman–Crippen MR) is 90.1 cm³/mol. The van der Waals surface area contributed by atoms with Crippen LogP contribution in [0.1, 0.15) is 23.1 Å². The van der Waals surface area contributed by atoms with Gasteiger partial charge in [0.2, 0.25) is 0 Å². The van der Waals surface area contributed by atoms with E-state index in [2.05, 4.69) is 27.6 Å². The number of rotatable bonds is 3. The van der Waals surface area contributed by atoms with Crippen molar-refractivity contribution in [3.63, 3.8) is 0 Å². The summed E-state index contributed by atoms with van der Waals surface area (Å²) in [6.45, 7) is 2.02. The van der Waals surface area contributed by atoms with Gasteiger partial charge in [-0.15, -0.1) is 0 Å². The first-order valence-electron chi connectivity index (χ1n) is 6.62. The van der Waals surface area contributed by atoms with E-state index in [1.54, 1.807) is 12.1 Å². The molecule has 1 N–H and O–H groups in total. The second-order valence-electron chi connectivity index (χ2n) is 4.65. The van der Waals surface area contributed by atoms with Crippen molar-refractivity contribution in [1.82, 2.24) is 9.55 Å². The molecule has 0 amide bonds. The van der Waals surface area contributed by atoms with Crippen LogP contribution in [0.2, 0.25) is 0 Å². The van der Waals surface area contributed by atoms with Crippen molar-refractivity contribution in [3.8, 4) is 5.69 Å². The second-order valence-corrected chi connectivity index (χ2v) is 5.81. The van der Waals surface area contributed by atoms with E-state index in [1.807, 2.05) is 41.8 Å². The van der Waals surface area contributed by atoms with Gasteiger partial charge in [0.25, 0.3) is 0 Å². The number of carboxylic acids is 1. The summed E-state index contributed by atoms with van der Waals surface area (Å²) in [6, 6.07) is 13.3. The van der Waals surface area contributed by atoms with Crippen LogP contribution in [0, 0.1) is 3.57 Å². The van der Waals surface area contributed by atoms with Gasteiger partial charge in [0.15, 0.2) is 0 Å². The van der Waals surface area contributed by atoms with E-state index >= 15 is 0 Å². The lowest BCUT2D eigenvalue weighted by molar-refractivity contribution is 0.0699. The molecule has 3 aromatic rings. The van der Waals surface area contributed by atoms with E-state index in [1.165, 1.54) is 0 Å². The van der Waals surface area contributed by atoms with E-state index in [-0.39, 0.29) is 5.56 Å². The number of hydrogen-bond acceptors (Lipinski definition) is 2. The van der Waals surface area contributed by atoms with Crippen molar-refractivity contribution < 1.29 is 9.90 Å². The highest BCUT2D eigenvalue weighted by molar-refractivity contribution is 14.1. The van der Waals surface area contributed by atoms with Crippen molar-refractivity contribution in [3.05, 3.63) is 57.4 Å². The monoisotopic (exact) mass is 392 g/mol. The van der Waals surface area contributed by atoms with Crippen molar-refractivity contribution in [2.45, 2.75) is 13.3 Å². The average molecular weight is 392 g/mol. The Hall–Kier alpha value is -1.89. The quantitative estimate of drug-likeness (QED) is 0.689. The minimum Gasteiger partial charge on any atom is -0.478 e. The molecule has 21 heavy (non-hydrogen) atoms. The maximum atomic E-state index is 11.4. The molecule has 3 rings (SSSR count). The first-order valence-corrected chi connectivity index (χ1v) is 7.70. The van der Waals surface area contributed by atoms with Crippen LogP contribution in [0.25, 0.3) is 16.7 Å². The molecule has 106 valence electrons. The summed E-state index contributed by atoms with van der Waals surface area (Å²) in [5.74, 6) is -0.0847. The number of hydrogen-bond donors (Lipinski definition) is 1. The molecule has 0 aliphatic carbocycles. The Labute approximate surface area is 135 Å². The summed E-state index contributed by atoms with van der Waals surface area (Å²) >= 11 is 2.28. The Morgan fingerprint density at radius 2 is 2.00 bits per heavy atom. The van der Waals surface area contributed by atoms with Gasteiger partial charge in [0, 0.05) is 9.99 Å². The number of para-hydroxylation sites is 2. The maximum absolute atomic E-state index is 11.4. The first kappa shape index (κ1) is 14.1. The zero-order valence-electron chi connectivity index (χ0n) is 11.4. The van der Waals surface area contributed by atoms with E-state index in [0.717, 1.165) is 27.0 Å². The number of aryl methyl sites for hydroxylation is 1. The van der Waals surface area contributed by atoms with E-state index < -0.39 is 5.97 Å². The molecule has 0 aliphatic heterocycles. The van der Waals surface area contributed by atoms with Crippen LogP contribution in [0.3, 0.4) is 0 Å². The van der Waals surface area contributed by atoms with Gasteiger partial charge in [-0.25, -0.2) is 9.78 Å². The Morgan fingerprint density at radius 1 is 1.24 bits per heavy atom. The molecule has 0 saturated heterocycles. The smallest absolute Gasteiger partial charge is 0.337 e. The zero-order valence-corrected chi connectivity index (χ0v) is 13.5. The lowest BCUT2D eigenvalue weighted by atomic mass is 10.2. The molecule has 0 radical (unpaired) electrons. The summed E-state index contributed by atoms with van der Waals surface area (Å²) in [6.07, 6.45) is 0.735. The number of benzene rings is 2. The Kier molecular flexibility index (Phi) is 3.67. The van der Waals surface area contributed by atoms with Crippen LogP contribution in [-0.4, -0.2) is 20.6 Å². The fraction of sp³-hybridized carbons (Fsp3) is 0.125. The molecule has 5 heteroatoms. The van der Waals surface area contributed by atoms with Gasteiger partial charge in [0.05, 0.1) is 16.8 Å². The Balaban J connectivity index is 2.40. The van der Waals surface area contributed by atoms with Crippen LogP contribution in [0.15, 0.2) is 42.5 Å².